The highest BCUT2D eigenvalue weighted by Crippen LogP contribution is 2.05. The summed E-state index contributed by atoms with van der Waals surface area (Å²) in [6, 6.07) is 3.46. The van der Waals surface area contributed by atoms with E-state index in [4.69, 9.17) is 10.5 Å². The summed E-state index contributed by atoms with van der Waals surface area (Å²) in [5.74, 6) is -0.212. The number of rotatable bonds is 5. The van der Waals surface area contributed by atoms with Crippen LogP contribution in [-0.4, -0.2) is 30.1 Å². The molecule has 3 N–H and O–H groups in total. The van der Waals surface area contributed by atoms with Crippen molar-refractivity contribution in [1.82, 2.24) is 10.3 Å². The van der Waals surface area contributed by atoms with Crippen LogP contribution in [0, 0.1) is 0 Å². The molecule has 0 saturated carbocycles. The molecule has 17 heavy (non-hydrogen) atoms. The quantitative estimate of drug-likeness (QED) is 0.790. The Morgan fingerprint density at radius 3 is 2.71 bits per heavy atom. The fourth-order valence-corrected chi connectivity index (χ4v) is 1.45. The minimum Gasteiger partial charge on any atom is -0.382 e. The number of nitrogens with one attached hydrogen (secondary N) is 1. The molecule has 0 atom stereocenters. The number of amides is 1. The number of nitrogens with two attached hydrogens (primary N) is 1. The third-order valence-electron chi connectivity index (χ3n) is 2.25. The maximum atomic E-state index is 11.9. The maximum absolute atomic E-state index is 11.9. The minimum atomic E-state index is -0.417. The number of nitrogens with zero attached hydrogens (tertiary/aromatic N) is 1. The topological polar surface area (TPSA) is 77.2 Å². The number of carbonyl (C=O) groups is 1. The molecule has 1 amide bonds. The number of pyridine rings is 1. The first-order valence-corrected chi connectivity index (χ1v) is 5.45. The lowest BCUT2D eigenvalue weighted by Crippen LogP contribution is -2.47. The summed E-state index contributed by atoms with van der Waals surface area (Å²) in [6.45, 7) is 4.65. The smallest absolute Gasteiger partial charge is 0.270 e. The van der Waals surface area contributed by atoms with Crippen molar-refractivity contribution in [2.45, 2.75) is 25.9 Å². The second-order valence-corrected chi connectivity index (χ2v) is 4.53. The number of carbonyl (C=O) groups excluding carboxylic acids is 1. The summed E-state index contributed by atoms with van der Waals surface area (Å²) < 4.78 is 5.03. The molecule has 0 bridgehead atoms. The molecule has 0 radical (unpaired) electrons. The van der Waals surface area contributed by atoms with Crippen LogP contribution in [0.2, 0.25) is 0 Å². The van der Waals surface area contributed by atoms with Crippen LogP contribution >= 0.6 is 0 Å². The highest BCUT2D eigenvalue weighted by Gasteiger charge is 2.21. The Morgan fingerprint density at radius 2 is 2.24 bits per heavy atom. The molecule has 1 aromatic heterocycles. The largest absolute Gasteiger partial charge is 0.382 e. The van der Waals surface area contributed by atoms with E-state index in [0.29, 0.717) is 18.8 Å². The number of ether oxygens (including phenoxy) is 1. The molecule has 5 nitrogen and oxygen atoms in total. The number of hydrogen-bond acceptors (Lipinski definition) is 4. The van der Waals surface area contributed by atoms with Crippen molar-refractivity contribution in [1.29, 1.82) is 0 Å². The lowest BCUT2D eigenvalue weighted by atomic mass is 10.1. The van der Waals surface area contributed by atoms with Crippen molar-refractivity contribution in [3.05, 3.63) is 29.6 Å². The number of hydrogen-bond donors (Lipinski definition) is 2. The molecule has 1 aromatic rings. The van der Waals surface area contributed by atoms with Crippen LogP contribution in [0.15, 0.2) is 18.3 Å². The van der Waals surface area contributed by atoms with E-state index >= 15 is 0 Å². The van der Waals surface area contributed by atoms with Gasteiger partial charge in [0.2, 0.25) is 0 Å². The van der Waals surface area contributed by atoms with Crippen LogP contribution in [0.4, 0.5) is 0 Å². The van der Waals surface area contributed by atoms with Crippen molar-refractivity contribution in [3.8, 4) is 0 Å². The van der Waals surface area contributed by atoms with E-state index in [1.165, 1.54) is 0 Å². The summed E-state index contributed by atoms with van der Waals surface area (Å²) in [6.07, 6.45) is 1.61. The van der Waals surface area contributed by atoms with Gasteiger partial charge in [-0.25, -0.2) is 0 Å². The van der Waals surface area contributed by atoms with Gasteiger partial charge in [-0.2, -0.15) is 0 Å². The summed E-state index contributed by atoms with van der Waals surface area (Å²) in [5.41, 5.74) is 6.33. The second kappa shape index (κ2) is 5.75. The van der Waals surface area contributed by atoms with E-state index in [-0.39, 0.29) is 5.91 Å². The zero-order valence-corrected chi connectivity index (χ0v) is 10.5. The van der Waals surface area contributed by atoms with Crippen LogP contribution < -0.4 is 11.1 Å². The van der Waals surface area contributed by atoms with Gasteiger partial charge in [-0.1, -0.05) is 6.07 Å². The first-order chi connectivity index (χ1) is 7.98. The lowest BCUT2D eigenvalue weighted by molar-refractivity contribution is 0.0815. The fraction of sp³-hybridized carbons (Fsp3) is 0.500. The van der Waals surface area contributed by atoms with Crippen molar-refractivity contribution in [3.63, 3.8) is 0 Å². The molecule has 0 spiro atoms. The van der Waals surface area contributed by atoms with Gasteiger partial charge >= 0.3 is 0 Å². The summed E-state index contributed by atoms with van der Waals surface area (Å²) in [7, 11) is 1.60. The molecule has 0 unspecified atom stereocenters. The second-order valence-electron chi connectivity index (χ2n) is 4.53. The molecule has 0 aromatic carbocycles. The normalized spacial score (nSPS) is 11.3. The van der Waals surface area contributed by atoms with Gasteiger partial charge in [0.25, 0.3) is 5.91 Å². The van der Waals surface area contributed by atoms with Crippen molar-refractivity contribution in [2.75, 3.05) is 13.7 Å². The molecular formula is C12H19N3O2. The first-order valence-electron chi connectivity index (χ1n) is 5.45. The molecule has 0 aliphatic rings. The molecule has 0 saturated heterocycles. The maximum Gasteiger partial charge on any atom is 0.270 e. The van der Waals surface area contributed by atoms with Crippen LogP contribution in [0.5, 0.6) is 0 Å². The Hall–Kier alpha value is -1.46. The molecule has 94 valence electrons. The monoisotopic (exact) mass is 237 g/mol. The third kappa shape index (κ3) is 4.13. The van der Waals surface area contributed by atoms with Gasteiger partial charge in [0, 0.05) is 19.9 Å². The van der Waals surface area contributed by atoms with Crippen LogP contribution in [0.3, 0.4) is 0 Å². The van der Waals surface area contributed by atoms with E-state index in [0.717, 1.165) is 5.56 Å². The van der Waals surface area contributed by atoms with Gasteiger partial charge in [0.15, 0.2) is 0 Å². The minimum absolute atomic E-state index is 0.212. The average molecular weight is 237 g/mol. The van der Waals surface area contributed by atoms with E-state index in [9.17, 15) is 4.79 Å². The Bertz CT molecular complexity index is 374. The van der Waals surface area contributed by atoms with E-state index in [2.05, 4.69) is 10.3 Å². The Morgan fingerprint density at radius 1 is 1.53 bits per heavy atom. The zero-order valence-electron chi connectivity index (χ0n) is 10.5. The summed E-state index contributed by atoms with van der Waals surface area (Å²) in [4.78, 5) is 15.9. The predicted octanol–water partition coefficient (Wildman–Crippen LogP) is 0.695. The first kappa shape index (κ1) is 13.6. The Balaban J connectivity index is 2.69. The van der Waals surface area contributed by atoms with Crippen molar-refractivity contribution < 1.29 is 9.53 Å². The SMILES string of the molecule is COCC(C)(C)NC(=O)c1ccc(CN)cn1. The Kier molecular flexibility index (Phi) is 4.60. The van der Waals surface area contributed by atoms with E-state index in [1.54, 1.807) is 25.4 Å². The van der Waals surface area contributed by atoms with E-state index < -0.39 is 5.54 Å². The van der Waals surface area contributed by atoms with Gasteiger partial charge in [0.1, 0.15) is 5.69 Å². The van der Waals surface area contributed by atoms with Gasteiger partial charge in [-0.15, -0.1) is 0 Å². The summed E-state index contributed by atoms with van der Waals surface area (Å²) in [5, 5.41) is 2.85. The molecule has 0 aliphatic heterocycles. The molecule has 0 aliphatic carbocycles. The molecule has 1 rings (SSSR count). The van der Waals surface area contributed by atoms with Gasteiger partial charge in [-0.3, -0.25) is 9.78 Å². The lowest BCUT2D eigenvalue weighted by Gasteiger charge is -2.24. The average Bonchev–Trinajstić information content (AvgIpc) is 2.28. The zero-order chi connectivity index (χ0) is 12.9. The molecular weight excluding hydrogens is 218 g/mol. The van der Waals surface area contributed by atoms with Crippen molar-refractivity contribution >= 4 is 5.91 Å². The van der Waals surface area contributed by atoms with Crippen molar-refractivity contribution in [2.24, 2.45) is 5.73 Å². The molecule has 0 fully saturated rings. The fourth-order valence-electron chi connectivity index (χ4n) is 1.45. The Labute approximate surface area is 101 Å². The molecule has 5 heteroatoms. The molecule has 1 heterocycles. The third-order valence-corrected chi connectivity index (χ3v) is 2.25. The number of methoxy groups -OCH3 is 1. The number of aromatic nitrogens is 1. The van der Waals surface area contributed by atoms with Crippen LogP contribution in [0.25, 0.3) is 0 Å². The van der Waals surface area contributed by atoms with Crippen LogP contribution in [-0.2, 0) is 11.3 Å². The predicted molar refractivity (Wildman–Crippen MR) is 65.5 cm³/mol. The highest BCUT2D eigenvalue weighted by atomic mass is 16.5. The van der Waals surface area contributed by atoms with Gasteiger partial charge in [0.05, 0.1) is 12.1 Å². The van der Waals surface area contributed by atoms with Crippen LogP contribution in [0.1, 0.15) is 29.9 Å². The van der Waals surface area contributed by atoms with E-state index in [1.807, 2.05) is 13.8 Å². The van der Waals surface area contributed by atoms with Gasteiger partial charge in [-0.05, 0) is 25.5 Å². The highest BCUT2D eigenvalue weighted by molar-refractivity contribution is 5.92. The summed E-state index contributed by atoms with van der Waals surface area (Å²) >= 11 is 0. The standard InChI is InChI=1S/C12H19N3O2/c1-12(2,8-17-3)15-11(16)10-5-4-9(6-13)7-14-10/h4-5,7H,6,8,13H2,1-3H3,(H,15,16). The van der Waals surface area contributed by atoms with Gasteiger partial charge < -0.3 is 15.8 Å².